The van der Waals surface area contributed by atoms with E-state index < -0.39 is 0 Å². The molecule has 1 aromatic carbocycles. The molecule has 0 fully saturated rings. The first kappa shape index (κ1) is 22.8. The van der Waals surface area contributed by atoms with Crippen LogP contribution in [0.2, 0.25) is 0 Å². The van der Waals surface area contributed by atoms with Gasteiger partial charge < -0.3 is 20.1 Å². The van der Waals surface area contributed by atoms with E-state index in [2.05, 4.69) is 39.4 Å². The zero-order valence-corrected chi connectivity index (χ0v) is 17.2. The minimum atomic E-state index is -0.124. The number of unbranched alkanes of at least 4 members (excludes halogenated alkanes) is 3. The van der Waals surface area contributed by atoms with E-state index in [1.54, 1.807) is 14.2 Å². The van der Waals surface area contributed by atoms with Crippen molar-refractivity contribution in [3.63, 3.8) is 0 Å². The summed E-state index contributed by atoms with van der Waals surface area (Å²) in [6.07, 6.45) is 5.63. The van der Waals surface area contributed by atoms with Crippen LogP contribution in [0.25, 0.3) is 0 Å². The molecule has 1 aromatic rings. The lowest BCUT2D eigenvalue weighted by molar-refractivity contribution is -0.140. The first-order valence-corrected chi connectivity index (χ1v) is 9.76. The van der Waals surface area contributed by atoms with Crippen LogP contribution < -0.4 is 15.4 Å². The summed E-state index contributed by atoms with van der Waals surface area (Å²) >= 11 is 0. The second-order valence-corrected chi connectivity index (χ2v) is 6.63. The van der Waals surface area contributed by atoms with Crippen LogP contribution in [-0.4, -0.2) is 46.3 Å². The smallest absolute Gasteiger partial charge is 0.305 e. The molecule has 152 valence electrons. The van der Waals surface area contributed by atoms with E-state index in [9.17, 15) is 4.79 Å². The number of esters is 1. The summed E-state index contributed by atoms with van der Waals surface area (Å²) in [5.41, 5.74) is 1.31. The molecule has 0 bridgehead atoms. The minimum Gasteiger partial charge on any atom is -0.497 e. The van der Waals surface area contributed by atoms with Gasteiger partial charge in [-0.3, -0.25) is 9.79 Å². The van der Waals surface area contributed by atoms with E-state index in [0.717, 1.165) is 56.9 Å². The molecule has 0 radical (unpaired) electrons. The average molecular weight is 378 g/mol. The number of carbonyl (C=O) groups excluding carboxylic acids is 1. The number of aliphatic imine (C=N–C) groups is 1. The first-order valence-electron chi connectivity index (χ1n) is 9.76. The fourth-order valence-corrected chi connectivity index (χ4v) is 2.78. The van der Waals surface area contributed by atoms with Gasteiger partial charge in [0.25, 0.3) is 0 Å². The molecule has 0 aliphatic rings. The maximum absolute atomic E-state index is 11.0. The van der Waals surface area contributed by atoms with E-state index in [1.807, 2.05) is 12.1 Å². The molecule has 1 unspecified atom stereocenters. The van der Waals surface area contributed by atoms with E-state index in [4.69, 9.17) is 4.74 Å². The Morgan fingerprint density at radius 2 is 1.70 bits per heavy atom. The third kappa shape index (κ3) is 9.87. The normalized spacial score (nSPS) is 12.4. The number of carbonyl (C=O) groups is 1. The predicted molar refractivity (Wildman–Crippen MR) is 110 cm³/mol. The van der Waals surface area contributed by atoms with Gasteiger partial charge >= 0.3 is 5.97 Å². The minimum absolute atomic E-state index is 0.124. The maximum atomic E-state index is 11.0. The van der Waals surface area contributed by atoms with Gasteiger partial charge in [-0.2, -0.15) is 0 Å². The van der Waals surface area contributed by atoms with Gasteiger partial charge in [0.1, 0.15) is 5.75 Å². The van der Waals surface area contributed by atoms with Crippen LogP contribution >= 0.6 is 0 Å². The number of rotatable bonds is 12. The lowest BCUT2D eigenvalue weighted by Gasteiger charge is -2.15. The molecule has 27 heavy (non-hydrogen) atoms. The van der Waals surface area contributed by atoms with Gasteiger partial charge in [-0.15, -0.1) is 0 Å². The molecule has 0 amide bonds. The van der Waals surface area contributed by atoms with Gasteiger partial charge in [-0.05, 0) is 42.9 Å². The van der Waals surface area contributed by atoms with Gasteiger partial charge in [0, 0.05) is 26.6 Å². The van der Waals surface area contributed by atoms with Crippen LogP contribution in [0.3, 0.4) is 0 Å². The molecule has 2 N–H and O–H groups in total. The van der Waals surface area contributed by atoms with Crippen LogP contribution in [0.5, 0.6) is 5.75 Å². The highest BCUT2D eigenvalue weighted by molar-refractivity contribution is 5.79. The predicted octanol–water partition coefficient (Wildman–Crippen LogP) is 3.48. The van der Waals surface area contributed by atoms with Gasteiger partial charge in [-0.1, -0.05) is 31.9 Å². The van der Waals surface area contributed by atoms with Gasteiger partial charge in [0.2, 0.25) is 0 Å². The molecule has 6 heteroatoms. The number of ether oxygens (including phenoxy) is 2. The van der Waals surface area contributed by atoms with Gasteiger partial charge in [-0.25, -0.2) is 0 Å². The standard InChI is InChI=1S/C21H35N3O3/c1-17(18-10-12-19(26-3)13-11-18)14-16-24-21(22-2)23-15-8-6-5-7-9-20(25)27-4/h10-13,17H,5-9,14-16H2,1-4H3,(H2,22,23,24). The Morgan fingerprint density at radius 1 is 1.04 bits per heavy atom. The second-order valence-electron chi connectivity index (χ2n) is 6.63. The van der Waals surface area contributed by atoms with Crippen molar-refractivity contribution < 1.29 is 14.3 Å². The number of benzene rings is 1. The Morgan fingerprint density at radius 3 is 2.33 bits per heavy atom. The van der Waals surface area contributed by atoms with Crippen LogP contribution in [0.15, 0.2) is 29.3 Å². The fourth-order valence-electron chi connectivity index (χ4n) is 2.78. The Kier molecular flexibility index (Phi) is 11.7. The molecule has 1 rings (SSSR count). The summed E-state index contributed by atoms with van der Waals surface area (Å²) in [5, 5.41) is 6.71. The molecule has 0 heterocycles. The van der Waals surface area contributed by atoms with Crippen LogP contribution in [0.4, 0.5) is 0 Å². The third-order valence-corrected chi connectivity index (χ3v) is 4.61. The summed E-state index contributed by atoms with van der Waals surface area (Å²) in [5.74, 6) is 2.07. The van der Waals surface area contributed by atoms with Crippen molar-refractivity contribution in [3.05, 3.63) is 29.8 Å². The molecular weight excluding hydrogens is 342 g/mol. The number of guanidine groups is 1. The largest absolute Gasteiger partial charge is 0.497 e. The topological polar surface area (TPSA) is 72.0 Å². The molecule has 6 nitrogen and oxygen atoms in total. The molecular formula is C21H35N3O3. The van der Waals surface area contributed by atoms with Crippen molar-refractivity contribution in [3.8, 4) is 5.75 Å². The lowest BCUT2D eigenvalue weighted by Crippen LogP contribution is -2.38. The Hall–Kier alpha value is -2.24. The fraction of sp³-hybridized carbons (Fsp3) is 0.619. The molecule has 0 aliphatic carbocycles. The van der Waals surface area contributed by atoms with Crippen LogP contribution in [-0.2, 0) is 9.53 Å². The van der Waals surface area contributed by atoms with E-state index in [0.29, 0.717) is 12.3 Å². The van der Waals surface area contributed by atoms with Crippen molar-refractivity contribution in [1.29, 1.82) is 0 Å². The lowest BCUT2D eigenvalue weighted by atomic mass is 9.98. The van der Waals surface area contributed by atoms with Gasteiger partial charge in [0.15, 0.2) is 5.96 Å². The van der Waals surface area contributed by atoms with E-state index in [1.165, 1.54) is 12.7 Å². The van der Waals surface area contributed by atoms with Gasteiger partial charge in [0.05, 0.1) is 14.2 Å². The molecule has 0 aromatic heterocycles. The molecule has 0 saturated carbocycles. The molecule has 0 aliphatic heterocycles. The number of hydrogen-bond donors (Lipinski definition) is 2. The number of nitrogens with one attached hydrogen (secondary N) is 2. The summed E-state index contributed by atoms with van der Waals surface area (Å²) in [6, 6.07) is 8.25. The SMILES string of the molecule is CN=C(NCCCCCCC(=O)OC)NCCC(C)c1ccc(OC)cc1. The zero-order valence-electron chi connectivity index (χ0n) is 17.2. The summed E-state index contributed by atoms with van der Waals surface area (Å²) in [4.78, 5) is 15.3. The molecule has 1 atom stereocenters. The summed E-state index contributed by atoms with van der Waals surface area (Å²) in [7, 11) is 4.91. The van der Waals surface area contributed by atoms with E-state index >= 15 is 0 Å². The Balaban J connectivity index is 2.14. The molecule has 0 saturated heterocycles. The van der Waals surface area contributed by atoms with Crippen molar-refractivity contribution in [1.82, 2.24) is 10.6 Å². The number of methoxy groups -OCH3 is 2. The summed E-state index contributed by atoms with van der Waals surface area (Å²) in [6.45, 7) is 3.98. The highest BCUT2D eigenvalue weighted by atomic mass is 16.5. The third-order valence-electron chi connectivity index (χ3n) is 4.61. The Labute approximate surface area is 163 Å². The highest BCUT2D eigenvalue weighted by Crippen LogP contribution is 2.21. The average Bonchev–Trinajstić information content (AvgIpc) is 2.71. The van der Waals surface area contributed by atoms with Crippen molar-refractivity contribution in [2.45, 2.75) is 51.4 Å². The maximum Gasteiger partial charge on any atom is 0.305 e. The van der Waals surface area contributed by atoms with Crippen molar-refractivity contribution >= 4 is 11.9 Å². The first-order chi connectivity index (χ1) is 13.1. The Bertz CT molecular complexity index is 558. The van der Waals surface area contributed by atoms with E-state index in [-0.39, 0.29) is 5.97 Å². The highest BCUT2D eigenvalue weighted by Gasteiger charge is 2.06. The number of nitrogens with zero attached hydrogens (tertiary/aromatic N) is 1. The second kappa shape index (κ2) is 13.9. The van der Waals surface area contributed by atoms with Crippen LogP contribution in [0, 0.1) is 0 Å². The summed E-state index contributed by atoms with van der Waals surface area (Å²) < 4.78 is 9.84. The van der Waals surface area contributed by atoms with Crippen molar-refractivity contribution in [2.24, 2.45) is 4.99 Å². The monoisotopic (exact) mass is 377 g/mol. The number of hydrogen-bond acceptors (Lipinski definition) is 4. The van der Waals surface area contributed by atoms with Crippen LogP contribution in [0.1, 0.15) is 56.9 Å². The molecule has 0 spiro atoms. The quantitative estimate of drug-likeness (QED) is 0.253. The van der Waals surface area contributed by atoms with Crippen molar-refractivity contribution in [2.75, 3.05) is 34.4 Å². The zero-order chi connectivity index (χ0) is 19.9.